The zero-order chi connectivity index (χ0) is 21.3. The highest BCUT2D eigenvalue weighted by atomic mass is 16.5. The molecule has 31 heavy (non-hydrogen) atoms. The average molecular weight is 418 g/mol. The van der Waals surface area contributed by atoms with Gasteiger partial charge in [-0.2, -0.15) is 4.98 Å². The van der Waals surface area contributed by atoms with Gasteiger partial charge in [-0.05, 0) is 44.0 Å². The molecule has 0 bridgehead atoms. The number of pyridine rings is 1. The van der Waals surface area contributed by atoms with E-state index in [-0.39, 0.29) is 17.4 Å². The van der Waals surface area contributed by atoms with Crippen LogP contribution in [0.25, 0.3) is 11.4 Å². The van der Waals surface area contributed by atoms with E-state index in [1.807, 2.05) is 35.2 Å². The molecule has 2 aliphatic rings. The maximum Gasteiger partial charge on any atom is 0.244 e. The molecule has 1 atom stereocenters. The van der Waals surface area contributed by atoms with Crippen molar-refractivity contribution in [3.63, 3.8) is 0 Å². The molecule has 0 aliphatic carbocycles. The van der Waals surface area contributed by atoms with Crippen molar-refractivity contribution in [3.8, 4) is 11.4 Å². The van der Waals surface area contributed by atoms with Crippen molar-refractivity contribution in [2.24, 2.45) is 5.41 Å². The molecule has 5 rings (SSSR count). The molecule has 7 heteroatoms. The molecule has 4 heterocycles. The average Bonchev–Trinajstić information content (AvgIpc) is 3.39. The van der Waals surface area contributed by atoms with Gasteiger partial charge < -0.3 is 9.42 Å². The summed E-state index contributed by atoms with van der Waals surface area (Å²) >= 11 is 0. The molecule has 1 amide bonds. The largest absolute Gasteiger partial charge is 0.341 e. The predicted molar refractivity (Wildman–Crippen MR) is 116 cm³/mol. The highest BCUT2D eigenvalue weighted by Gasteiger charge is 2.53. The van der Waals surface area contributed by atoms with Gasteiger partial charge in [0.2, 0.25) is 17.6 Å². The Morgan fingerprint density at radius 3 is 2.77 bits per heavy atom. The molecular formula is C24H27N5O2. The molecular weight excluding hydrogens is 390 g/mol. The molecule has 0 N–H and O–H groups in total. The third-order valence-corrected chi connectivity index (χ3v) is 6.49. The van der Waals surface area contributed by atoms with E-state index in [0.717, 1.165) is 44.5 Å². The number of carbonyl (C=O) groups is 1. The second kappa shape index (κ2) is 8.23. The number of hydrogen-bond donors (Lipinski definition) is 0. The molecule has 0 saturated carbocycles. The van der Waals surface area contributed by atoms with Crippen LogP contribution in [-0.2, 0) is 11.2 Å². The van der Waals surface area contributed by atoms with Gasteiger partial charge in [-0.3, -0.25) is 14.7 Å². The monoisotopic (exact) mass is 417 g/mol. The second-order valence-electron chi connectivity index (χ2n) is 8.92. The van der Waals surface area contributed by atoms with Gasteiger partial charge in [-0.15, -0.1) is 0 Å². The summed E-state index contributed by atoms with van der Waals surface area (Å²) in [4.78, 5) is 25.6. The number of likely N-dealkylation sites (tertiary alicyclic amines) is 2. The number of amides is 1. The minimum absolute atomic E-state index is 0.0910. The van der Waals surface area contributed by atoms with Gasteiger partial charge >= 0.3 is 0 Å². The molecule has 160 valence electrons. The van der Waals surface area contributed by atoms with Crippen molar-refractivity contribution in [3.05, 3.63) is 66.3 Å². The third kappa shape index (κ3) is 4.10. The smallest absolute Gasteiger partial charge is 0.244 e. The van der Waals surface area contributed by atoms with Crippen molar-refractivity contribution >= 4 is 5.91 Å². The molecule has 1 unspecified atom stereocenters. The zero-order valence-electron chi connectivity index (χ0n) is 17.8. The standard InChI is InChI=1S/C24H27N5O2/c1-28-15-24(13-20(28)23-26-22(27-31-23)19-10-6-12-25-14-19)16-29(17-24)21(30)11-5-9-18-7-3-2-4-8-18/h2-4,6-8,10,12,14,20H,5,9,11,13,15-17H2,1H3. The molecule has 2 saturated heterocycles. The molecule has 2 fully saturated rings. The Bertz CT molecular complexity index is 1030. The van der Waals surface area contributed by atoms with Gasteiger partial charge in [0.15, 0.2) is 0 Å². The van der Waals surface area contributed by atoms with Crippen LogP contribution in [0.2, 0.25) is 0 Å². The van der Waals surface area contributed by atoms with E-state index >= 15 is 0 Å². The lowest BCUT2D eigenvalue weighted by Crippen LogP contribution is -2.59. The first-order valence-corrected chi connectivity index (χ1v) is 10.9. The zero-order valence-corrected chi connectivity index (χ0v) is 17.8. The number of aryl methyl sites for hydroxylation is 1. The first kappa shape index (κ1) is 19.9. The summed E-state index contributed by atoms with van der Waals surface area (Å²) in [5, 5.41) is 4.14. The lowest BCUT2D eigenvalue weighted by atomic mass is 9.77. The first-order valence-electron chi connectivity index (χ1n) is 10.9. The number of benzene rings is 1. The van der Waals surface area contributed by atoms with Crippen molar-refractivity contribution in [1.82, 2.24) is 24.9 Å². The summed E-state index contributed by atoms with van der Waals surface area (Å²) in [5.74, 6) is 1.48. The lowest BCUT2D eigenvalue weighted by molar-refractivity contribution is -0.142. The van der Waals surface area contributed by atoms with Crippen molar-refractivity contribution < 1.29 is 9.32 Å². The Morgan fingerprint density at radius 2 is 2.00 bits per heavy atom. The number of nitrogens with zero attached hydrogens (tertiary/aromatic N) is 5. The highest BCUT2D eigenvalue weighted by molar-refractivity contribution is 5.77. The van der Waals surface area contributed by atoms with Gasteiger partial charge in [0.05, 0.1) is 6.04 Å². The SMILES string of the molecule is CN1CC2(CC1c1nc(-c3cccnc3)no1)CN(C(=O)CCCc1ccccc1)C2. The second-order valence-corrected chi connectivity index (χ2v) is 8.92. The Morgan fingerprint density at radius 1 is 1.16 bits per heavy atom. The number of carbonyl (C=O) groups excluding carboxylic acids is 1. The summed E-state index contributed by atoms with van der Waals surface area (Å²) < 4.78 is 5.59. The quantitative estimate of drug-likeness (QED) is 0.612. The van der Waals surface area contributed by atoms with Gasteiger partial charge in [0.25, 0.3) is 0 Å². The van der Waals surface area contributed by atoms with E-state index in [2.05, 4.69) is 39.2 Å². The van der Waals surface area contributed by atoms with Gasteiger partial charge in [-0.1, -0.05) is 35.5 Å². The van der Waals surface area contributed by atoms with E-state index in [9.17, 15) is 4.79 Å². The van der Waals surface area contributed by atoms with E-state index < -0.39 is 0 Å². The fraction of sp³-hybridized carbons (Fsp3) is 0.417. The summed E-state index contributed by atoms with van der Waals surface area (Å²) in [7, 11) is 2.09. The molecule has 7 nitrogen and oxygen atoms in total. The van der Waals surface area contributed by atoms with Gasteiger partial charge in [-0.25, -0.2) is 0 Å². The molecule has 3 aromatic rings. The Kier molecular flexibility index (Phi) is 5.28. The minimum Gasteiger partial charge on any atom is -0.341 e. The Balaban J connectivity index is 1.15. The topological polar surface area (TPSA) is 75.4 Å². The maximum atomic E-state index is 12.6. The van der Waals surface area contributed by atoms with Crippen LogP contribution < -0.4 is 0 Å². The fourth-order valence-corrected chi connectivity index (χ4v) is 4.94. The van der Waals surface area contributed by atoms with Gasteiger partial charge in [0.1, 0.15) is 0 Å². The summed E-state index contributed by atoms with van der Waals surface area (Å²) in [6, 6.07) is 14.2. The number of rotatable bonds is 6. The van der Waals surface area contributed by atoms with E-state index in [0.29, 0.717) is 18.1 Å². The molecule has 2 aromatic heterocycles. The molecule has 2 aliphatic heterocycles. The van der Waals surface area contributed by atoms with Gasteiger partial charge in [0, 0.05) is 49.4 Å². The summed E-state index contributed by atoms with van der Waals surface area (Å²) in [5.41, 5.74) is 2.28. The van der Waals surface area contributed by atoms with E-state index in [1.165, 1.54) is 5.56 Å². The normalized spacial score (nSPS) is 20.2. The Labute approximate surface area is 182 Å². The van der Waals surface area contributed by atoms with Crippen LogP contribution in [0.3, 0.4) is 0 Å². The maximum absolute atomic E-state index is 12.6. The number of hydrogen-bond acceptors (Lipinski definition) is 6. The molecule has 0 radical (unpaired) electrons. The molecule has 1 aromatic carbocycles. The van der Waals surface area contributed by atoms with Crippen molar-refractivity contribution in [1.29, 1.82) is 0 Å². The Hall–Kier alpha value is -3.06. The van der Waals surface area contributed by atoms with Crippen LogP contribution in [0.5, 0.6) is 0 Å². The van der Waals surface area contributed by atoms with Crippen LogP contribution in [-0.4, -0.2) is 57.5 Å². The van der Waals surface area contributed by atoms with Crippen LogP contribution in [0.15, 0.2) is 59.4 Å². The summed E-state index contributed by atoms with van der Waals surface area (Å²) in [6.07, 6.45) is 6.86. The number of aromatic nitrogens is 3. The van der Waals surface area contributed by atoms with E-state index in [1.54, 1.807) is 12.4 Å². The van der Waals surface area contributed by atoms with Crippen LogP contribution in [0.4, 0.5) is 0 Å². The lowest BCUT2D eigenvalue weighted by Gasteiger charge is -2.48. The minimum atomic E-state index is 0.0910. The van der Waals surface area contributed by atoms with Crippen molar-refractivity contribution in [2.45, 2.75) is 31.7 Å². The van der Waals surface area contributed by atoms with E-state index in [4.69, 9.17) is 4.52 Å². The fourth-order valence-electron chi connectivity index (χ4n) is 4.94. The third-order valence-electron chi connectivity index (χ3n) is 6.49. The van der Waals surface area contributed by atoms with Crippen LogP contribution in [0.1, 0.15) is 36.8 Å². The predicted octanol–water partition coefficient (Wildman–Crippen LogP) is 3.36. The van der Waals surface area contributed by atoms with Crippen LogP contribution in [0, 0.1) is 5.41 Å². The highest BCUT2D eigenvalue weighted by Crippen LogP contribution is 2.47. The van der Waals surface area contributed by atoms with Crippen molar-refractivity contribution in [2.75, 3.05) is 26.7 Å². The first-order chi connectivity index (χ1) is 15.1. The van der Waals surface area contributed by atoms with Crippen LogP contribution >= 0.6 is 0 Å². The summed E-state index contributed by atoms with van der Waals surface area (Å²) in [6.45, 7) is 2.58. The molecule has 1 spiro atoms.